The average molecular weight is 506 g/mol. The normalized spacial score (nSPS) is 14.9. The van der Waals surface area contributed by atoms with Crippen molar-refractivity contribution in [3.63, 3.8) is 0 Å². The van der Waals surface area contributed by atoms with Crippen LogP contribution in [0.3, 0.4) is 0 Å². The van der Waals surface area contributed by atoms with Crippen molar-refractivity contribution < 1.29 is 14.3 Å². The molecule has 35 heavy (non-hydrogen) atoms. The van der Waals surface area contributed by atoms with E-state index in [1.807, 2.05) is 44.2 Å². The van der Waals surface area contributed by atoms with Crippen molar-refractivity contribution in [2.24, 2.45) is 0 Å². The molecule has 0 aliphatic carbocycles. The lowest BCUT2D eigenvalue weighted by Gasteiger charge is -2.30. The summed E-state index contributed by atoms with van der Waals surface area (Å²) in [4.78, 5) is 27.5. The lowest BCUT2D eigenvalue weighted by atomic mass is 10.1. The quantitative estimate of drug-likeness (QED) is 0.209. The molecule has 1 aromatic heterocycles. The summed E-state index contributed by atoms with van der Waals surface area (Å²) < 4.78 is 7.62. The molecule has 3 aromatic rings. The topological polar surface area (TPSA) is 63.6 Å². The van der Waals surface area contributed by atoms with E-state index in [1.54, 1.807) is 37.3 Å². The second-order valence-electron chi connectivity index (χ2n) is 8.10. The molecule has 1 N–H and O–H groups in total. The number of halogens is 1. The number of nitrogens with one attached hydrogen (secondary N) is 1. The third kappa shape index (κ3) is 4.65. The minimum atomic E-state index is -0.538. The summed E-state index contributed by atoms with van der Waals surface area (Å²) in [5, 5.41) is 3.15. The molecule has 1 aliphatic rings. The van der Waals surface area contributed by atoms with Gasteiger partial charge < -0.3 is 9.30 Å². The second-order valence-corrected chi connectivity index (χ2v) is 8.89. The fourth-order valence-electron chi connectivity index (χ4n) is 4.05. The van der Waals surface area contributed by atoms with Crippen LogP contribution in [0.15, 0.2) is 66.8 Å². The lowest BCUT2D eigenvalue weighted by molar-refractivity contribution is -0.122. The monoisotopic (exact) mass is 505 g/mol. The van der Waals surface area contributed by atoms with Crippen LogP contribution >= 0.6 is 23.8 Å². The molecule has 4 rings (SSSR count). The van der Waals surface area contributed by atoms with Crippen molar-refractivity contribution in [2.75, 3.05) is 11.5 Å². The zero-order valence-corrected chi connectivity index (χ0v) is 21.2. The molecule has 1 saturated heterocycles. The Labute approximate surface area is 214 Å². The van der Waals surface area contributed by atoms with Gasteiger partial charge >= 0.3 is 0 Å². The Balaban J connectivity index is 1.71. The molecule has 2 aromatic carbocycles. The fraction of sp³-hybridized carbons (Fsp3) is 0.148. The van der Waals surface area contributed by atoms with E-state index in [0.29, 0.717) is 22.9 Å². The van der Waals surface area contributed by atoms with Gasteiger partial charge in [-0.2, -0.15) is 0 Å². The summed E-state index contributed by atoms with van der Waals surface area (Å²) in [6, 6.07) is 14.8. The molecule has 0 bridgehead atoms. The number of anilines is 1. The van der Waals surface area contributed by atoms with Gasteiger partial charge in [0.1, 0.15) is 17.9 Å². The highest BCUT2D eigenvalue weighted by molar-refractivity contribution is 7.80. The third-order valence-electron chi connectivity index (χ3n) is 5.81. The van der Waals surface area contributed by atoms with Gasteiger partial charge in [-0.05, 0) is 92.7 Å². The number of carbonyl (C=O) groups is 2. The Morgan fingerprint density at radius 1 is 1.11 bits per heavy atom. The Morgan fingerprint density at radius 2 is 1.83 bits per heavy atom. The SMILES string of the molecule is C=CCOc1ccc(-n2c(C)cc(/C=C3\C(=O)NC(=S)N(c4cccc(Cl)c4C)C3=O)c2C)cc1. The van der Waals surface area contributed by atoms with E-state index in [2.05, 4.69) is 16.5 Å². The van der Waals surface area contributed by atoms with E-state index in [4.69, 9.17) is 28.6 Å². The van der Waals surface area contributed by atoms with Gasteiger partial charge in [0.05, 0.1) is 5.69 Å². The van der Waals surface area contributed by atoms with E-state index in [-0.39, 0.29) is 10.7 Å². The van der Waals surface area contributed by atoms with Crippen molar-refractivity contribution in [1.29, 1.82) is 0 Å². The smallest absolute Gasteiger partial charge is 0.270 e. The number of carbonyl (C=O) groups excluding carboxylic acids is 2. The number of ether oxygens (including phenoxy) is 1. The summed E-state index contributed by atoms with van der Waals surface area (Å²) in [6.45, 7) is 9.80. The van der Waals surface area contributed by atoms with Crippen molar-refractivity contribution >= 4 is 52.5 Å². The number of aromatic nitrogens is 1. The molecule has 2 heterocycles. The first-order valence-electron chi connectivity index (χ1n) is 10.9. The molecule has 0 saturated carbocycles. The van der Waals surface area contributed by atoms with Crippen molar-refractivity contribution in [3.05, 3.63) is 94.3 Å². The summed E-state index contributed by atoms with van der Waals surface area (Å²) >= 11 is 11.6. The van der Waals surface area contributed by atoms with Gasteiger partial charge in [0, 0.05) is 22.1 Å². The molecule has 6 nitrogen and oxygen atoms in total. The number of amides is 2. The maximum Gasteiger partial charge on any atom is 0.270 e. The molecule has 8 heteroatoms. The minimum absolute atomic E-state index is 0.00796. The average Bonchev–Trinajstić information content (AvgIpc) is 3.11. The molecule has 1 aliphatic heterocycles. The van der Waals surface area contributed by atoms with E-state index in [9.17, 15) is 9.59 Å². The Morgan fingerprint density at radius 3 is 2.51 bits per heavy atom. The summed E-state index contributed by atoms with van der Waals surface area (Å²) in [6.07, 6.45) is 3.30. The largest absolute Gasteiger partial charge is 0.490 e. The molecule has 0 unspecified atom stereocenters. The van der Waals surface area contributed by atoms with Gasteiger partial charge in [0.15, 0.2) is 5.11 Å². The van der Waals surface area contributed by atoms with Crippen LogP contribution in [0.2, 0.25) is 5.02 Å². The molecular formula is C27H24ClN3O3S. The number of nitrogens with zero attached hydrogens (tertiary/aromatic N) is 2. The predicted octanol–water partition coefficient (Wildman–Crippen LogP) is 5.45. The number of thiocarbonyl (C=S) groups is 1. The Bertz CT molecular complexity index is 1390. The van der Waals surface area contributed by atoms with E-state index in [1.165, 1.54) is 4.90 Å². The predicted molar refractivity (Wildman–Crippen MR) is 143 cm³/mol. The van der Waals surface area contributed by atoms with E-state index >= 15 is 0 Å². The summed E-state index contributed by atoms with van der Waals surface area (Å²) in [5.74, 6) is -0.294. The number of hydrogen-bond donors (Lipinski definition) is 1. The van der Waals surface area contributed by atoms with Crippen LogP contribution in [0.5, 0.6) is 5.75 Å². The second kappa shape index (κ2) is 9.90. The van der Waals surface area contributed by atoms with Crippen LogP contribution in [0, 0.1) is 20.8 Å². The third-order valence-corrected chi connectivity index (χ3v) is 6.51. The zero-order valence-electron chi connectivity index (χ0n) is 19.6. The van der Waals surface area contributed by atoms with E-state index < -0.39 is 11.8 Å². The standard InChI is InChI=1S/C27H24ClN3O3S/c1-5-13-34-21-11-9-20(10-12-21)30-16(2)14-19(18(30)4)15-22-25(32)29-27(35)31(26(22)33)24-8-6-7-23(28)17(24)3/h5-12,14-15H,1,13H2,2-4H3,(H,29,32,35)/b22-15+. The van der Waals surface area contributed by atoms with Crippen molar-refractivity contribution in [3.8, 4) is 11.4 Å². The van der Waals surface area contributed by atoms with Gasteiger partial charge in [-0.25, -0.2) is 0 Å². The highest BCUT2D eigenvalue weighted by atomic mass is 35.5. The minimum Gasteiger partial charge on any atom is -0.490 e. The first-order chi connectivity index (χ1) is 16.7. The van der Waals surface area contributed by atoms with Crippen molar-refractivity contribution in [1.82, 2.24) is 9.88 Å². The highest BCUT2D eigenvalue weighted by Crippen LogP contribution is 2.30. The van der Waals surface area contributed by atoms with Gasteiger partial charge in [0.25, 0.3) is 11.8 Å². The first kappa shape index (κ1) is 24.4. The maximum absolute atomic E-state index is 13.4. The van der Waals surface area contributed by atoms with E-state index in [0.717, 1.165) is 28.4 Å². The molecule has 178 valence electrons. The molecule has 0 radical (unpaired) electrons. The lowest BCUT2D eigenvalue weighted by Crippen LogP contribution is -2.54. The van der Waals surface area contributed by atoms with Crippen LogP contribution < -0.4 is 15.0 Å². The van der Waals surface area contributed by atoms with Crippen LogP contribution in [0.25, 0.3) is 11.8 Å². The van der Waals surface area contributed by atoms with Crippen LogP contribution in [-0.4, -0.2) is 28.1 Å². The van der Waals surface area contributed by atoms with Crippen LogP contribution in [-0.2, 0) is 9.59 Å². The number of aryl methyl sites for hydroxylation is 1. The molecular weight excluding hydrogens is 482 g/mol. The van der Waals surface area contributed by atoms with Gasteiger partial charge in [-0.3, -0.25) is 19.8 Å². The molecule has 1 fully saturated rings. The number of hydrogen-bond acceptors (Lipinski definition) is 4. The van der Waals surface area contributed by atoms with Gasteiger partial charge in [-0.15, -0.1) is 0 Å². The number of benzene rings is 2. The molecule has 0 atom stereocenters. The Hall–Kier alpha value is -3.68. The summed E-state index contributed by atoms with van der Waals surface area (Å²) in [5.41, 5.74) is 4.74. The highest BCUT2D eigenvalue weighted by Gasteiger charge is 2.35. The first-order valence-corrected chi connectivity index (χ1v) is 11.7. The number of rotatable bonds is 6. The Kier molecular flexibility index (Phi) is 6.91. The summed E-state index contributed by atoms with van der Waals surface area (Å²) in [7, 11) is 0. The molecule has 2 amide bonds. The van der Waals surface area contributed by atoms with Crippen LogP contribution in [0.1, 0.15) is 22.5 Å². The van der Waals surface area contributed by atoms with Crippen LogP contribution in [0.4, 0.5) is 5.69 Å². The zero-order chi connectivity index (χ0) is 25.3. The van der Waals surface area contributed by atoms with Crippen molar-refractivity contribution in [2.45, 2.75) is 20.8 Å². The van der Waals surface area contributed by atoms with Gasteiger partial charge in [0.2, 0.25) is 0 Å². The molecule has 0 spiro atoms. The van der Waals surface area contributed by atoms with Gasteiger partial charge in [-0.1, -0.05) is 30.3 Å². The fourth-order valence-corrected chi connectivity index (χ4v) is 4.49. The maximum atomic E-state index is 13.4.